The first-order valence-corrected chi connectivity index (χ1v) is 27.6. The van der Waals surface area contributed by atoms with Crippen LogP contribution in [0.1, 0.15) is 0 Å². The Morgan fingerprint density at radius 3 is 1.35 bits per heavy atom. The molecule has 9 aromatic heterocycles. The molecule has 0 N–H and O–H groups in total. The number of para-hydroxylation sites is 17. The number of fused-ring (bicyclic) bond motifs is 23. The van der Waals surface area contributed by atoms with Crippen molar-refractivity contribution in [2.24, 2.45) is 7.05 Å². The van der Waals surface area contributed by atoms with E-state index in [1.54, 1.807) is 0 Å². The van der Waals surface area contributed by atoms with Crippen molar-refractivity contribution in [2.45, 2.75) is 0 Å². The first-order chi connectivity index (χ1) is 41.2. The largest absolute Gasteiger partial charge is 0.332 e. The number of imidazole rings is 8. The van der Waals surface area contributed by atoms with Crippen molar-refractivity contribution < 1.29 is 32.7 Å². The fourth-order valence-corrected chi connectivity index (χ4v) is 12.5. The van der Waals surface area contributed by atoms with Crippen LogP contribution in [-0.2, 0) is 39.8 Å². The van der Waals surface area contributed by atoms with Crippen molar-refractivity contribution in [1.29, 1.82) is 0 Å². The SMILES string of the molecule is Cn1c2ccccc2n2c3ccccc3nc12.[Y].[c-]1ccccc1-n1c2[c-]cccc2n2c3ccccc3nc12.c1ccc(-n2c3ccccc3n3c4ccccc4nc23)cc1.c1ccc2c(c1)nc1n2c2cccc3c4ccccc4n1c32. The molecule has 0 aliphatic heterocycles. The van der Waals surface area contributed by atoms with Gasteiger partial charge in [-0.05, 0) is 108 Å². The molecule has 0 aliphatic carbocycles. The zero-order chi connectivity index (χ0) is 54.7. The summed E-state index contributed by atoms with van der Waals surface area (Å²) in [6.45, 7) is 0. The molecule has 11 aromatic carbocycles. The average molecular weight is 1160 g/mol. The van der Waals surface area contributed by atoms with Gasteiger partial charge in [0, 0.05) is 56.2 Å². The molecule has 1 radical (unpaired) electrons. The molecule has 0 amide bonds. The Balaban J connectivity index is 0.0000000916. The average Bonchev–Trinajstić information content (AvgIpc) is 2.24. The van der Waals surface area contributed by atoms with E-state index in [1.165, 1.54) is 54.9 Å². The molecule has 0 spiro atoms. The first-order valence-electron chi connectivity index (χ1n) is 27.6. The van der Waals surface area contributed by atoms with E-state index in [0.29, 0.717) is 0 Å². The minimum absolute atomic E-state index is 0. The van der Waals surface area contributed by atoms with Crippen LogP contribution in [0, 0.1) is 12.1 Å². The Morgan fingerprint density at radius 1 is 0.286 bits per heavy atom. The van der Waals surface area contributed by atoms with Crippen LogP contribution in [0.2, 0.25) is 0 Å². The summed E-state index contributed by atoms with van der Waals surface area (Å²) >= 11 is 0. The second kappa shape index (κ2) is 19.7. The summed E-state index contributed by atoms with van der Waals surface area (Å²) in [6.07, 6.45) is 0. The predicted molar refractivity (Wildman–Crippen MR) is 336 cm³/mol. The number of aryl methyl sites for hydroxylation is 1. The Labute approximate surface area is 503 Å². The van der Waals surface area contributed by atoms with Gasteiger partial charge in [0.2, 0.25) is 23.1 Å². The maximum Gasteiger partial charge on any atom is 0.220 e. The maximum atomic E-state index is 4.88. The topological polar surface area (TPSA) is 88.4 Å². The van der Waals surface area contributed by atoms with Gasteiger partial charge < -0.3 is 13.5 Å². The first kappa shape index (κ1) is 49.4. The normalized spacial score (nSPS) is 11.8. The molecule has 0 atom stereocenters. The summed E-state index contributed by atoms with van der Waals surface area (Å²) in [6, 6.07) is 96.0. The minimum atomic E-state index is 0. The van der Waals surface area contributed by atoms with Crippen LogP contribution in [0.4, 0.5) is 0 Å². The number of hydrogen-bond acceptors (Lipinski definition) is 4. The number of nitrogens with zero attached hydrogens (tertiary/aromatic N) is 12. The van der Waals surface area contributed by atoms with Crippen molar-refractivity contribution >= 4 is 128 Å². The zero-order valence-electron chi connectivity index (χ0n) is 45.3. The van der Waals surface area contributed by atoms with E-state index in [0.717, 1.165) is 84.1 Å². The Bertz CT molecular complexity index is 5660. The summed E-state index contributed by atoms with van der Waals surface area (Å²) in [7, 11) is 2.06. The standard InChI is InChI=1S/C19H11N3.C19H13N3.C19H11N3.C14H11N3.Y/c1-3-9-15-12(6-1)13-7-5-11-17-18(13)22(15)19-20-14-8-2-4-10-16(14)21(17)19;2*1-2-8-14(9-3-1)21-17-12-6-7-13-18(17)22-16-11-5-4-10-15(16)20-19(21)22;1-16-12-8-4-5-9-13(12)17-11-7-3-2-6-10(11)15-14(16)17;/h1-11H;1-13H;1-8,10-11,13H;2-9H,1H3;/q;;-2;;. The molecular weight excluding hydrogens is 1110 g/mol. The van der Waals surface area contributed by atoms with Gasteiger partial charge in [0.25, 0.3) is 0 Å². The van der Waals surface area contributed by atoms with Gasteiger partial charge in [0.1, 0.15) is 0 Å². The molecule has 9 heterocycles. The van der Waals surface area contributed by atoms with Crippen molar-refractivity contribution in [3.05, 3.63) is 273 Å². The Morgan fingerprint density at radius 2 is 0.714 bits per heavy atom. The van der Waals surface area contributed by atoms with Gasteiger partial charge in [-0.15, -0.1) is 12.1 Å². The fourth-order valence-electron chi connectivity index (χ4n) is 12.5. The molecule has 13 heteroatoms. The molecule has 0 unspecified atom stereocenters. The van der Waals surface area contributed by atoms with Gasteiger partial charge in [0.05, 0.1) is 82.8 Å². The van der Waals surface area contributed by atoms with Gasteiger partial charge >= 0.3 is 0 Å². The number of hydrogen-bond donors (Lipinski definition) is 0. The number of rotatable bonds is 2. The molecule has 84 heavy (non-hydrogen) atoms. The minimum Gasteiger partial charge on any atom is -0.332 e. The van der Waals surface area contributed by atoms with E-state index >= 15 is 0 Å². The Kier molecular flexibility index (Phi) is 11.6. The zero-order valence-corrected chi connectivity index (χ0v) is 48.1. The summed E-state index contributed by atoms with van der Waals surface area (Å²) in [4.78, 5) is 19.2. The van der Waals surface area contributed by atoms with Gasteiger partial charge in [-0.2, -0.15) is 42.5 Å². The van der Waals surface area contributed by atoms with E-state index in [9.17, 15) is 0 Å². The van der Waals surface area contributed by atoms with Crippen molar-refractivity contribution in [3.8, 4) is 11.4 Å². The van der Waals surface area contributed by atoms with E-state index in [-0.39, 0.29) is 32.7 Å². The summed E-state index contributed by atoms with van der Waals surface area (Å²) < 4.78 is 17.6. The van der Waals surface area contributed by atoms with Crippen molar-refractivity contribution in [1.82, 2.24) is 55.6 Å². The van der Waals surface area contributed by atoms with Gasteiger partial charge in [-0.25, -0.2) is 19.9 Å². The summed E-state index contributed by atoms with van der Waals surface area (Å²) in [5.74, 6) is 3.83. The van der Waals surface area contributed by atoms with Crippen LogP contribution >= 0.6 is 0 Å². The van der Waals surface area contributed by atoms with Gasteiger partial charge in [0.15, 0.2) is 0 Å². The van der Waals surface area contributed by atoms with Crippen LogP contribution in [0.5, 0.6) is 0 Å². The molecule has 395 valence electrons. The van der Waals surface area contributed by atoms with Crippen molar-refractivity contribution in [2.75, 3.05) is 0 Å². The van der Waals surface area contributed by atoms with Crippen LogP contribution in [0.3, 0.4) is 0 Å². The fraction of sp³-hybridized carbons (Fsp3) is 0.0141. The monoisotopic (exact) mass is 1160 g/mol. The summed E-state index contributed by atoms with van der Waals surface area (Å²) in [5, 5.41) is 2.58. The molecule has 20 aromatic rings. The molecule has 0 aliphatic rings. The van der Waals surface area contributed by atoms with Crippen LogP contribution in [0.15, 0.2) is 261 Å². The molecule has 0 bridgehead atoms. The maximum absolute atomic E-state index is 4.88. The van der Waals surface area contributed by atoms with E-state index in [4.69, 9.17) is 15.0 Å². The third kappa shape index (κ3) is 7.40. The van der Waals surface area contributed by atoms with E-state index in [1.807, 2.05) is 78.9 Å². The van der Waals surface area contributed by atoms with Crippen LogP contribution in [-0.4, -0.2) is 55.6 Å². The van der Waals surface area contributed by atoms with E-state index in [2.05, 4.69) is 242 Å². The van der Waals surface area contributed by atoms with Crippen LogP contribution < -0.4 is 0 Å². The Hall–Kier alpha value is -10.4. The van der Waals surface area contributed by atoms with Crippen LogP contribution in [0.25, 0.3) is 139 Å². The molecular formula is C71H46N12Y-2. The van der Waals surface area contributed by atoms with E-state index < -0.39 is 0 Å². The molecule has 20 rings (SSSR count). The molecule has 12 nitrogen and oxygen atoms in total. The summed E-state index contributed by atoms with van der Waals surface area (Å²) in [5.41, 5.74) is 21.4. The number of aromatic nitrogens is 12. The quantitative estimate of drug-likeness (QED) is 0.161. The number of benzene rings is 11. The third-order valence-electron chi connectivity index (χ3n) is 16.1. The second-order valence-corrected chi connectivity index (χ2v) is 20.7. The molecule has 0 saturated heterocycles. The van der Waals surface area contributed by atoms with Gasteiger partial charge in [-0.3, -0.25) is 22.2 Å². The predicted octanol–water partition coefficient (Wildman–Crippen LogP) is 15.9. The van der Waals surface area contributed by atoms with Gasteiger partial charge in [-0.1, -0.05) is 127 Å². The second-order valence-electron chi connectivity index (χ2n) is 20.7. The molecule has 0 saturated carbocycles. The third-order valence-corrected chi connectivity index (χ3v) is 16.1. The smallest absolute Gasteiger partial charge is 0.220 e. The molecule has 0 fully saturated rings. The van der Waals surface area contributed by atoms with Crippen molar-refractivity contribution in [3.63, 3.8) is 0 Å².